The lowest BCUT2D eigenvalue weighted by Crippen LogP contribution is -2.27. The van der Waals surface area contributed by atoms with E-state index in [-0.39, 0.29) is 30.7 Å². The van der Waals surface area contributed by atoms with Crippen molar-refractivity contribution < 1.29 is 19.1 Å². The molecule has 2 rings (SSSR count). The van der Waals surface area contributed by atoms with Crippen LogP contribution in [0.5, 0.6) is 0 Å². The molecule has 26 heavy (non-hydrogen) atoms. The van der Waals surface area contributed by atoms with Gasteiger partial charge in [-0.15, -0.1) is 0 Å². The Hall–Kier alpha value is -3.15. The monoisotopic (exact) mass is 354 g/mol. The van der Waals surface area contributed by atoms with Crippen LogP contribution >= 0.6 is 0 Å². The second-order valence-corrected chi connectivity index (χ2v) is 5.63. The molecule has 2 N–H and O–H groups in total. The van der Waals surface area contributed by atoms with E-state index in [1.165, 1.54) is 0 Å². The van der Waals surface area contributed by atoms with E-state index in [0.717, 1.165) is 6.42 Å². The minimum Gasteiger partial charge on any atom is -0.462 e. The maximum absolute atomic E-state index is 11.9. The van der Waals surface area contributed by atoms with Gasteiger partial charge in [-0.2, -0.15) is 0 Å². The maximum atomic E-state index is 11.9. The smallest absolute Gasteiger partial charge is 0.338 e. The van der Waals surface area contributed by atoms with E-state index < -0.39 is 0 Å². The van der Waals surface area contributed by atoms with Gasteiger partial charge in [0.05, 0.1) is 12.2 Å². The summed E-state index contributed by atoms with van der Waals surface area (Å²) < 4.78 is 5.04. The summed E-state index contributed by atoms with van der Waals surface area (Å²) in [6, 6.07) is 15.3. The Morgan fingerprint density at radius 1 is 0.923 bits per heavy atom. The Labute approximate surface area is 152 Å². The summed E-state index contributed by atoms with van der Waals surface area (Å²) >= 11 is 0. The summed E-state index contributed by atoms with van der Waals surface area (Å²) in [7, 11) is 0. The van der Waals surface area contributed by atoms with Gasteiger partial charge in [0.2, 0.25) is 5.91 Å². The van der Waals surface area contributed by atoms with Crippen LogP contribution in [0.15, 0.2) is 54.6 Å². The highest BCUT2D eigenvalue weighted by atomic mass is 16.5. The van der Waals surface area contributed by atoms with E-state index in [4.69, 9.17) is 4.74 Å². The highest BCUT2D eigenvalue weighted by molar-refractivity contribution is 5.95. The quantitative estimate of drug-likeness (QED) is 0.714. The number of ether oxygens (including phenoxy) is 1. The number of esters is 1. The van der Waals surface area contributed by atoms with Crippen LogP contribution in [0.1, 0.15) is 40.5 Å². The molecule has 0 aromatic heterocycles. The fraction of sp³-hybridized carbons (Fsp3) is 0.250. The second-order valence-electron chi connectivity index (χ2n) is 5.63. The fourth-order valence-electron chi connectivity index (χ4n) is 2.17. The third-order valence-corrected chi connectivity index (χ3v) is 3.52. The molecule has 2 amide bonds. The number of anilines is 1. The second kappa shape index (κ2) is 9.98. The highest BCUT2D eigenvalue weighted by Gasteiger charge is 2.08. The molecule has 2 aromatic rings. The number of carbonyl (C=O) groups excluding carboxylic acids is 3. The highest BCUT2D eigenvalue weighted by Crippen LogP contribution is 2.11. The number of benzene rings is 2. The zero-order valence-electron chi connectivity index (χ0n) is 14.7. The van der Waals surface area contributed by atoms with Crippen LogP contribution in [0.25, 0.3) is 0 Å². The van der Waals surface area contributed by atoms with Gasteiger partial charge in [0, 0.05) is 24.2 Å². The van der Waals surface area contributed by atoms with Crippen LogP contribution in [0.2, 0.25) is 0 Å². The van der Waals surface area contributed by atoms with Crippen LogP contribution in [0, 0.1) is 0 Å². The Kier molecular flexibility index (Phi) is 7.36. The van der Waals surface area contributed by atoms with Gasteiger partial charge in [0.1, 0.15) is 0 Å². The zero-order chi connectivity index (χ0) is 18.8. The first kappa shape index (κ1) is 19.2. The number of nitrogens with one attached hydrogen (secondary N) is 2. The van der Waals surface area contributed by atoms with Gasteiger partial charge in [0.25, 0.3) is 5.91 Å². The van der Waals surface area contributed by atoms with Crippen molar-refractivity contribution >= 4 is 23.5 Å². The molecular formula is C20H22N2O4. The SMILES string of the molecule is CCCOC(=O)c1ccc(NC(=O)CCNC(=O)c2ccccc2)cc1. The molecule has 0 unspecified atom stereocenters. The lowest BCUT2D eigenvalue weighted by atomic mass is 10.2. The average molecular weight is 354 g/mol. The first-order valence-electron chi connectivity index (χ1n) is 8.50. The molecule has 0 atom stereocenters. The number of hydrogen-bond acceptors (Lipinski definition) is 4. The molecule has 0 spiro atoms. The van der Waals surface area contributed by atoms with E-state index in [0.29, 0.717) is 23.4 Å². The van der Waals surface area contributed by atoms with E-state index in [2.05, 4.69) is 10.6 Å². The topological polar surface area (TPSA) is 84.5 Å². The lowest BCUT2D eigenvalue weighted by Gasteiger charge is -2.08. The van der Waals surface area contributed by atoms with Gasteiger partial charge < -0.3 is 15.4 Å². The summed E-state index contributed by atoms with van der Waals surface area (Å²) in [5.41, 5.74) is 1.57. The number of rotatable bonds is 8. The number of carbonyl (C=O) groups is 3. The minimum absolute atomic E-state index is 0.152. The molecule has 0 aliphatic carbocycles. The zero-order valence-corrected chi connectivity index (χ0v) is 14.7. The van der Waals surface area contributed by atoms with Crippen molar-refractivity contribution in [3.63, 3.8) is 0 Å². The third-order valence-electron chi connectivity index (χ3n) is 3.52. The molecule has 0 aliphatic rings. The van der Waals surface area contributed by atoms with E-state index in [1.807, 2.05) is 13.0 Å². The van der Waals surface area contributed by atoms with Gasteiger partial charge in [-0.3, -0.25) is 9.59 Å². The van der Waals surface area contributed by atoms with Gasteiger partial charge >= 0.3 is 5.97 Å². The molecule has 6 heteroatoms. The van der Waals surface area contributed by atoms with Crippen molar-refractivity contribution in [1.29, 1.82) is 0 Å². The van der Waals surface area contributed by atoms with Crippen molar-refractivity contribution in [2.75, 3.05) is 18.5 Å². The molecule has 0 saturated carbocycles. The summed E-state index contributed by atoms with van der Waals surface area (Å²) in [5, 5.41) is 5.42. The fourth-order valence-corrected chi connectivity index (χ4v) is 2.17. The summed E-state index contributed by atoms with van der Waals surface area (Å²) in [6.45, 7) is 2.54. The van der Waals surface area contributed by atoms with Crippen LogP contribution in [-0.2, 0) is 9.53 Å². The van der Waals surface area contributed by atoms with Crippen LogP contribution < -0.4 is 10.6 Å². The van der Waals surface area contributed by atoms with Crippen molar-refractivity contribution in [3.05, 3.63) is 65.7 Å². The normalized spacial score (nSPS) is 10.0. The number of amides is 2. The summed E-state index contributed by atoms with van der Waals surface area (Å²) in [4.78, 5) is 35.5. The van der Waals surface area contributed by atoms with Crippen molar-refractivity contribution in [2.24, 2.45) is 0 Å². The molecular weight excluding hydrogens is 332 g/mol. The molecule has 0 radical (unpaired) electrons. The molecule has 6 nitrogen and oxygen atoms in total. The summed E-state index contributed by atoms with van der Waals surface area (Å²) in [5.74, 6) is -0.818. The molecule has 136 valence electrons. The molecule has 2 aromatic carbocycles. The van der Waals surface area contributed by atoms with Crippen molar-refractivity contribution in [3.8, 4) is 0 Å². The first-order valence-corrected chi connectivity index (χ1v) is 8.50. The summed E-state index contributed by atoms with van der Waals surface area (Å²) in [6.07, 6.45) is 0.916. The van der Waals surface area contributed by atoms with E-state index in [1.54, 1.807) is 48.5 Å². The molecule has 0 heterocycles. The Balaban J connectivity index is 1.75. The molecule has 0 saturated heterocycles. The van der Waals surface area contributed by atoms with Crippen LogP contribution in [-0.4, -0.2) is 30.9 Å². The van der Waals surface area contributed by atoms with Gasteiger partial charge in [0.15, 0.2) is 0 Å². The third kappa shape index (κ3) is 6.05. The molecule has 0 fully saturated rings. The average Bonchev–Trinajstić information content (AvgIpc) is 2.67. The lowest BCUT2D eigenvalue weighted by molar-refractivity contribution is -0.116. The number of hydrogen-bond donors (Lipinski definition) is 2. The minimum atomic E-state index is -0.381. The molecule has 0 bridgehead atoms. The van der Waals surface area contributed by atoms with Gasteiger partial charge in [-0.1, -0.05) is 25.1 Å². The van der Waals surface area contributed by atoms with Gasteiger partial charge in [-0.25, -0.2) is 4.79 Å². The van der Waals surface area contributed by atoms with E-state index >= 15 is 0 Å². The van der Waals surface area contributed by atoms with Crippen LogP contribution in [0.3, 0.4) is 0 Å². The maximum Gasteiger partial charge on any atom is 0.338 e. The Morgan fingerprint density at radius 3 is 2.27 bits per heavy atom. The van der Waals surface area contributed by atoms with Crippen molar-refractivity contribution in [2.45, 2.75) is 19.8 Å². The standard InChI is InChI=1S/C20H22N2O4/c1-2-14-26-20(25)16-8-10-17(11-9-16)22-18(23)12-13-21-19(24)15-6-4-3-5-7-15/h3-11H,2,12-14H2,1H3,(H,21,24)(H,22,23). The molecule has 0 aliphatic heterocycles. The first-order chi connectivity index (χ1) is 12.6. The van der Waals surface area contributed by atoms with E-state index in [9.17, 15) is 14.4 Å². The van der Waals surface area contributed by atoms with Gasteiger partial charge in [-0.05, 0) is 42.8 Å². The Bertz CT molecular complexity index is 742. The predicted molar refractivity (Wildman–Crippen MR) is 99.0 cm³/mol. The van der Waals surface area contributed by atoms with Crippen molar-refractivity contribution in [1.82, 2.24) is 5.32 Å². The largest absolute Gasteiger partial charge is 0.462 e. The van der Waals surface area contributed by atoms with Crippen LogP contribution in [0.4, 0.5) is 5.69 Å². The predicted octanol–water partition coefficient (Wildman–Crippen LogP) is 3.01. The Morgan fingerprint density at radius 2 is 1.62 bits per heavy atom.